The summed E-state index contributed by atoms with van der Waals surface area (Å²) in [4.78, 5) is 0.499. The SMILES string of the molecule is CCCNC(C)c1ccc(SCC(O)CO)c(F)c1. The van der Waals surface area contributed by atoms with Gasteiger partial charge in [0, 0.05) is 16.7 Å². The second kappa shape index (κ2) is 8.53. The number of aliphatic hydroxyl groups is 2. The molecule has 5 heteroatoms. The molecule has 0 heterocycles. The first-order valence-corrected chi connectivity index (χ1v) is 7.51. The van der Waals surface area contributed by atoms with Crippen molar-refractivity contribution in [1.29, 1.82) is 0 Å². The van der Waals surface area contributed by atoms with Crippen LogP contribution in [0.1, 0.15) is 31.9 Å². The van der Waals surface area contributed by atoms with Crippen LogP contribution < -0.4 is 5.32 Å². The Balaban J connectivity index is 2.63. The minimum absolute atomic E-state index is 0.122. The highest BCUT2D eigenvalue weighted by molar-refractivity contribution is 7.99. The molecule has 3 nitrogen and oxygen atoms in total. The lowest BCUT2D eigenvalue weighted by Crippen LogP contribution is -2.19. The monoisotopic (exact) mass is 287 g/mol. The van der Waals surface area contributed by atoms with Gasteiger partial charge in [0.2, 0.25) is 0 Å². The van der Waals surface area contributed by atoms with Crippen molar-refractivity contribution < 1.29 is 14.6 Å². The molecular weight excluding hydrogens is 265 g/mol. The lowest BCUT2D eigenvalue weighted by molar-refractivity contribution is 0.113. The molecule has 0 aliphatic rings. The van der Waals surface area contributed by atoms with Crippen LogP contribution in [0.2, 0.25) is 0 Å². The molecule has 0 saturated carbocycles. The number of hydrogen-bond acceptors (Lipinski definition) is 4. The van der Waals surface area contributed by atoms with Crippen LogP contribution in [0.4, 0.5) is 4.39 Å². The van der Waals surface area contributed by atoms with Gasteiger partial charge in [-0.3, -0.25) is 0 Å². The van der Waals surface area contributed by atoms with Gasteiger partial charge in [0.05, 0.1) is 12.7 Å². The van der Waals surface area contributed by atoms with Gasteiger partial charge in [-0.25, -0.2) is 4.39 Å². The standard InChI is InChI=1S/C14H22FNO2S/c1-3-6-16-10(2)11-4-5-14(13(15)7-11)19-9-12(18)8-17/h4-5,7,10,12,16-18H,3,6,8-9H2,1-2H3. The highest BCUT2D eigenvalue weighted by Crippen LogP contribution is 2.25. The van der Waals surface area contributed by atoms with E-state index in [9.17, 15) is 9.50 Å². The third-order valence-electron chi connectivity index (χ3n) is 2.80. The maximum Gasteiger partial charge on any atom is 0.137 e. The minimum Gasteiger partial charge on any atom is -0.394 e. The van der Waals surface area contributed by atoms with Crippen molar-refractivity contribution in [2.24, 2.45) is 0 Å². The zero-order chi connectivity index (χ0) is 14.3. The lowest BCUT2D eigenvalue weighted by Gasteiger charge is -2.15. The molecule has 0 aromatic heterocycles. The molecular formula is C14H22FNO2S. The Hall–Kier alpha value is -0.620. The van der Waals surface area contributed by atoms with Gasteiger partial charge in [-0.1, -0.05) is 13.0 Å². The van der Waals surface area contributed by atoms with E-state index >= 15 is 0 Å². The number of nitrogens with one attached hydrogen (secondary N) is 1. The van der Waals surface area contributed by atoms with Crippen LogP contribution in [-0.4, -0.2) is 35.2 Å². The topological polar surface area (TPSA) is 52.5 Å². The lowest BCUT2D eigenvalue weighted by atomic mass is 10.1. The van der Waals surface area contributed by atoms with E-state index in [4.69, 9.17) is 5.11 Å². The second-order valence-electron chi connectivity index (χ2n) is 4.51. The molecule has 0 bridgehead atoms. The summed E-state index contributed by atoms with van der Waals surface area (Å²) in [5.74, 6) is 0.00827. The van der Waals surface area contributed by atoms with Crippen LogP contribution in [-0.2, 0) is 0 Å². The van der Waals surface area contributed by atoms with E-state index in [1.54, 1.807) is 6.07 Å². The van der Waals surface area contributed by atoms with Crippen LogP contribution in [0, 0.1) is 5.82 Å². The normalized spacial score (nSPS) is 14.4. The van der Waals surface area contributed by atoms with Crippen molar-refractivity contribution in [1.82, 2.24) is 5.32 Å². The summed E-state index contributed by atoms with van der Waals surface area (Å²) < 4.78 is 13.9. The average Bonchev–Trinajstić information content (AvgIpc) is 2.42. The minimum atomic E-state index is -0.811. The summed E-state index contributed by atoms with van der Waals surface area (Å²) in [6.45, 7) is 4.70. The van der Waals surface area contributed by atoms with E-state index in [0.717, 1.165) is 18.5 Å². The summed E-state index contributed by atoms with van der Waals surface area (Å²) >= 11 is 1.21. The largest absolute Gasteiger partial charge is 0.394 e. The molecule has 0 amide bonds. The molecule has 0 radical (unpaired) electrons. The Morgan fingerprint density at radius 1 is 1.42 bits per heavy atom. The quantitative estimate of drug-likeness (QED) is 0.642. The molecule has 1 aromatic rings. The van der Waals surface area contributed by atoms with Gasteiger partial charge in [-0.05, 0) is 37.6 Å². The zero-order valence-corrected chi connectivity index (χ0v) is 12.2. The van der Waals surface area contributed by atoms with Crippen molar-refractivity contribution in [3.63, 3.8) is 0 Å². The zero-order valence-electron chi connectivity index (χ0n) is 11.4. The van der Waals surface area contributed by atoms with E-state index in [1.165, 1.54) is 17.8 Å². The number of thioether (sulfide) groups is 1. The maximum absolute atomic E-state index is 13.9. The molecule has 0 aliphatic heterocycles. The highest BCUT2D eigenvalue weighted by Gasteiger charge is 2.10. The second-order valence-corrected chi connectivity index (χ2v) is 5.57. The summed E-state index contributed by atoms with van der Waals surface area (Å²) in [6, 6.07) is 5.27. The van der Waals surface area contributed by atoms with E-state index in [-0.39, 0.29) is 24.2 Å². The molecule has 2 atom stereocenters. The van der Waals surface area contributed by atoms with Gasteiger partial charge in [-0.15, -0.1) is 11.8 Å². The predicted molar refractivity (Wildman–Crippen MR) is 76.9 cm³/mol. The maximum atomic E-state index is 13.9. The van der Waals surface area contributed by atoms with E-state index in [1.807, 2.05) is 13.0 Å². The van der Waals surface area contributed by atoms with Crippen LogP contribution in [0.25, 0.3) is 0 Å². The van der Waals surface area contributed by atoms with Gasteiger partial charge in [0.1, 0.15) is 5.82 Å². The first-order valence-electron chi connectivity index (χ1n) is 6.53. The fourth-order valence-electron chi connectivity index (χ4n) is 1.62. The summed E-state index contributed by atoms with van der Waals surface area (Å²) in [7, 11) is 0. The van der Waals surface area contributed by atoms with Crippen LogP contribution >= 0.6 is 11.8 Å². The van der Waals surface area contributed by atoms with Crippen molar-refractivity contribution in [2.75, 3.05) is 18.9 Å². The summed E-state index contributed by atoms with van der Waals surface area (Å²) in [6.07, 6.45) is 0.231. The molecule has 2 unspecified atom stereocenters. The first-order chi connectivity index (χ1) is 9.08. The number of benzene rings is 1. The van der Waals surface area contributed by atoms with E-state index < -0.39 is 6.10 Å². The Labute approximate surface area is 118 Å². The molecule has 0 spiro atoms. The van der Waals surface area contributed by atoms with Gasteiger partial charge >= 0.3 is 0 Å². The molecule has 1 aromatic carbocycles. The highest BCUT2D eigenvalue weighted by atomic mass is 32.2. The third kappa shape index (κ3) is 5.48. The van der Waals surface area contributed by atoms with Gasteiger partial charge < -0.3 is 15.5 Å². The van der Waals surface area contributed by atoms with Gasteiger partial charge in [-0.2, -0.15) is 0 Å². The van der Waals surface area contributed by atoms with Crippen LogP contribution in [0.15, 0.2) is 23.1 Å². The van der Waals surface area contributed by atoms with E-state index in [0.29, 0.717) is 4.90 Å². The Bertz CT molecular complexity index is 390. The van der Waals surface area contributed by atoms with Crippen molar-refractivity contribution in [2.45, 2.75) is 37.3 Å². The molecule has 108 valence electrons. The number of halogens is 1. The molecule has 1 rings (SSSR count). The molecule has 0 saturated heterocycles. The fraction of sp³-hybridized carbons (Fsp3) is 0.571. The third-order valence-corrected chi connectivity index (χ3v) is 3.99. The van der Waals surface area contributed by atoms with Gasteiger partial charge in [0.25, 0.3) is 0 Å². The van der Waals surface area contributed by atoms with Crippen molar-refractivity contribution >= 4 is 11.8 Å². The van der Waals surface area contributed by atoms with Crippen LogP contribution in [0.3, 0.4) is 0 Å². The Morgan fingerprint density at radius 3 is 2.74 bits per heavy atom. The van der Waals surface area contributed by atoms with E-state index in [2.05, 4.69) is 12.2 Å². The van der Waals surface area contributed by atoms with Crippen LogP contribution in [0.5, 0.6) is 0 Å². The summed E-state index contributed by atoms with van der Waals surface area (Å²) in [5, 5.41) is 21.3. The number of rotatable bonds is 8. The van der Waals surface area contributed by atoms with Crippen molar-refractivity contribution in [3.05, 3.63) is 29.6 Å². The molecule has 19 heavy (non-hydrogen) atoms. The number of hydrogen-bond donors (Lipinski definition) is 3. The average molecular weight is 287 g/mol. The number of aliphatic hydroxyl groups excluding tert-OH is 2. The molecule has 0 fully saturated rings. The predicted octanol–water partition coefficient (Wildman–Crippen LogP) is 2.33. The smallest absolute Gasteiger partial charge is 0.137 e. The fourth-order valence-corrected chi connectivity index (χ4v) is 2.46. The summed E-state index contributed by atoms with van der Waals surface area (Å²) in [5.41, 5.74) is 0.915. The van der Waals surface area contributed by atoms with Crippen molar-refractivity contribution in [3.8, 4) is 0 Å². The first kappa shape index (κ1) is 16.4. The molecule has 3 N–H and O–H groups in total. The Kier molecular flexibility index (Phi) is 7.38. The Morgan fingerprint density at radius 2 is 2.16 bits per heavy atom. The molecule has 0 aliphatic carbocycles. The van der Waals surface area contributed by atoms with Gasteiger partial charge in [0.15, 0.2) is 0 Å².